The summed E-state index contributed by atoms with van der Waals surface area (Å²) in [5, 5.41) is 2.89. The fourth-order valence-corrected chi connectivity index (χ4v) is 1.13. The quantitative estimate of drug-likeness (QED) is 0.739. The van der Waals surface area contributed by atoms with Crippen molar-refractivity contribution < 1.29 is 9.59 Å². The second-order valence-corrected chi connectivity index (χ2v) is 2.94. The van der Waals surface area contributed by atoms with E-state index >= 15 is 0 Å². The van der Waals surface area contributed by atoms with Crippen LogP contribution in [0.3, 0.4) is 0 Å². The van der Waals surface area contributed by atoms with Crippen molar-refractivity contribution in [3.8, 4) is 0 Å². The van der Waals surface area contributed by atoms with Gasteiger partial charge in [0.25, 0.3) is 0 Å². The average Bonchev–Trinajstić information content (AvgIpc) is 2.03. The van der Waals surface area contributed by atoms with Gasteiger partial charge < -0.3 is 5.32 Å². The number of hydrogen-bond acceptors (Lipinski definition) is 2. The molecule has 0 bridgehead atoms. The van der Waals surface area contributed by atoms with E-state index in [9.17, 15) is 9.59 Å². The van der Waals surface area contributed by atoms with Gasteiger partial charge >= 0.3 is 0 Å². The van der Waals surface area contributed by atoms with E-state index in [0.717, 1.165) is 0 Å². The normalized spacial score (nSPS) is 9.38. The van der Waals surface area contributed by atoms with Crippen LogP contribution in [0, 0.1) is 0 Å². The number of aldehydes is 1. The highest BCUT2D eigenvalue weighted by molar-refractivity contribution is 6.33. The van der Waals surface area contributed by atoms with Crippen LogP contribution in [0.2, 0.25) is 5.02 Å². The smallest absolute Gasteiger partial charge is 0.221 e. The fraction of sp³-hybridized carbons (Fsp3) is 0.111. The lowest BCUT2D eigenvalue weighted by Gasteiger charge is -2.02. The fourth-order valence-electron chi connectivity index (χ4n) is 0.904. The molecule has 0 aromatic heterocycles. The Bertz CT molecular complexity index is 349. The Labute approximate surface area is 80.7 Å². The molecular weight excluding hydrogens is 190 g/mol. The molecular formula is C9H8ClNO2. The van der Waals surface area contributed by atoms with Crippen LogP contribution in [0.25, 0.3) is 0 Å². The predicted molar refractivity (Wildman–Crippen MR) is 51.1 cm³/mol. The van der Waals surface area contributed by atoms with Crippen molar-refractivity contribution in [2.75, 3.05) is 5.32 Å². The van der Waals surface area contributed by atoms with Gasteiger partial charge in [-0.05, 0) is 18.2 Å². The van der Waals surface area contributed by atoms with Crippen LogP contribution in [0.15, 0.2) is 18.2 Å². The molecule has 4 heteroatoms. The Morgan fingerprint density at radius 3 is 2.69 bits per heavy atom. The van der Waals surface area contributed by atoms with Gasteiger partial charge in [-0.1, -0.05) is 11.6 Å². The van der Waals surface area contributed by atoms with Gasteiger partial charge in [0.15, 0.2) is 6.29 Å². The molecule has 1 aromatic rings. The summed E-state index contributed by atoms with van der Waals surface area (Å²) in [6.07, 6.45) is 0.667. The molecule has 0 heterocycles. The molecule has 3 nitrogen and oxygen atoms in total. The number of halogens is 1. The van der Waals surface area contributed by atoms with E-state index in [4.69, 9.17) is 11.6 Å². The summed E-state index contributed by atoms with van der Waals surface area (Å²) in [6, 6.07) is 4.71. The second kappa shape index (κ2) is 4.05. The monoisotopic (exact) mass is 197 g/mol. The molecule has 0 saturated carbocycles. The highest BCUT2D eigenvalue weighted by atomic mass is 35.5. The molecule has 68 valence electrons. The number of nitrogens with one attached hydrogen (secondary N) is 1. The zero-order chi connectivity index (χ0) is 9.84. The van der Waals surface area contributed by atoms with Gasteiger partial charge in [-0.15, -0.1) is 0 Å². The Hall–Kier alpha value is -1.35. The van der Waals surface area contributed by atoms with E-state index in [1.807, 2.05) is 0 Å². The molecule has 0 atom stereocenters. The molecule has 0 unspecified atom stereocenters. The predicted octanol–water partition coefficient (Wildman–Crippen LogP) is 2.11. The number of hydrogen-bond donors (Lipinski definition) is 1. The molecule has 13 heavy (non-hydrogen) atoms. The van der Waals surface area contributed by atoms with Crippen molar-refractivity contribution in [1.82, 2.24) is 0 Å². The van der Waals surface area contributed by atoms with E-state index < -0.39 is 0 Å². The third kappa shape index (κ3) is 2.56. The molecule has 1 aromatic carbocycles. The van der Waals surface area contributed by atoms with Crippen LogP contribution >= 0.6 is 11.6 Å². The number of benzene rings is 1. The minimum Gasteiger partial charge on any atom is -0.326 e. The Kier molecular flexibility index (Phi) is 3.03. The Balaban J connectivity index is 2.95. The molecule has 1 N–H and O–H groups in total. The van der Waals surface area contributed by atoms with Crippen LogP contribution in [-0.4, -0.2) is 12.2 Å². The minimum atomic E-state index is -0.171. The van der Waals surface area contributed by atoms with Gasteiger partial charge in [0, 0.05) is 18.2 Å². The standard InChI is InChI=1S/C9H8ClNO2/c1-6(13)11-8-3-2-7(5-12)9(10)4-8/h2-5H,1H3,(H,11,13). The van der Waals surface area contributed by atoms with Crippen LogP contribution < -0.4 is 5.32 Å². The molecule has 0 aliphatic heterocycles. The third-order valence-electron chi connectivity index (χ3n) is 1.45. The summed E-state index contributed by atoms with van der Waals surface area (Å²) in [4.78, 5) is 21.0. The topological polar surface area (TPSA) is 46.2 Å². The van der Waals surface area contributed by atoms with Gasteiger partial charge in [-0.3, -0.25) is 9.59 Å². The molecule has 1 amide bonds. The van der Waals surface area contributed by atoms with E-state index in [1.54, 1.807) is 12.1 Å². The summed E-state index contributed by atoms with van der Waals surface area (Å²) >= 11 is 5.73. The lowest BCUT2D eigenvalue weighted by Crippen LogP contribution is -2.05. The summed E-state index contributed by atoms with van der Waals surface area (Å²) < 4.78 is 0. The Morgan fingerprint density at radius 1 is 1.54 bits per heavy atom. The first kappa shape index (κ1) is 9.74. The van der Waals surface area contributed by atoms with E-state index in [-0.39, 0.29) is 5.91 Å². The van der Waals surface area contributed by atoms with Gasteiger partial charge in [0.1, 0.15) is 0 Å². The first-order valence-corrected chi connectivity index (χ1v) is 4.03. The highest BCUT2D eigenvalue weighted by Crippen LogP contribution is 2.19. The maximum atomic E-state index is 10.7. The van der Waals surface area contributed by atoms with Gasteiger partial charge in [-0.25, -0.2) is 0 Å². The molecule has 0 aliphatic rings. The summed E-state index contributed by atoms with van der Waals surface area (Å²) in [7, 11) is 0. The maximum Gasteiger partial charge on any atom is 0.221 e. The first-order valence-electron chi connectivity index (χ1n) is 3.66. The number of anilines is 1. The summed E-state index contributed by atoms with van der Waals surface area (Å²) in [6.45, 7) is 1.40. The van der Waals surface area contributed by atoms with Crippen LogP contribution in [0.4, 0.5) is 5.69 Å². The lowest BCUT2D eigenvalue weighted by molar-refractivity contribution is -0.114. The summed E-state index contributed by atoms with van der Waals surface area (Å²) in [5.74, 6) is -0.171. The van der Waals surface area contributed by atoms with Crippen molar-refractivity contribution in [2.24, 2.45) is 0 Å². The SMILES string of the molecule is CC(=O)Nc1ccc(C=O)c(Cl)c1. The van der Waals surface area contributed by atoms with E-state index in [1.165, 1.54) is 13.0 Å². The molecule has 1 rings (SSSR count). The van der Waals surface area contributed by atoms with Crippen LogP contribution in [-0.2, 0) is 4.79 Å². The van der Waals surface area contributed by atoms with Crippen molar-refractivity contribution in [3.05, 3.63) is 28.8 Å². The molecule has 0 spiro atoms. The van der Waals surface area contributed by atoms with Crippen LogP contribution in [0.5, 0.6) is 0 Å². The molecule has 0 saturated heterocycles. The minimum absolute atomic E-state index is 0.171. The average molecular weight is 198 g/mol. The van der Waals surface area contributed by atoms with Gasteiger partial charge in [0.2, 0.25) is 5.91 Å². The van der Waals surface area contributed by atoms with Gasteiger partial charge in [-0.2, -0.15) is 0 Å². The number of carbonyl (C=O) groups is 2. The number of rotatable bonds is 2. The zero-order valence-electron chi connectivity index (χ0n) is 7.00. The maximum absolute atomic E-state index is 10.7. The lowest BCUT2D eigenvalue weighted by atomic mass is 10.2. The first-order chi connectivity index (χ1) is 6.13. The second-order valence-electron chi connectivity index (χ2n) is 2.54. The largest absolute Gasteiger partial charge is 0.326 e. The molecule has 0 aliphatic carbocycles. The summed E-state index contributed by atoms with van der Waals surface area (Å²) in [5.41, 5.74) is 0.999. The molecule has 0 radical (unpaired) electrons. The van der Waals surface area contributed by atoms with Crippen LogP contribution in [0.1, 0.15) is 17.3 Å². The third-order valence-corrected chi connectivity index (χ3v) is 1.78. The van der Waals surface area contributed by atoms with E-state index in [0.29, 0.717) is 22.6 Å². The van der Waals surface area contributed by atoms with Gasteiger partial charge in [0.05, 0.1) is 5.02 Å². The number of carbonyl (C=O) groups excluding carboxylic acids is 2. The van der Waals surface area contributed by atoms with E-state index in [2.05, 4.69) is 5.32 Å². The Morgan fingerprint density at radius 2 is 2.23 bits per heavy atom. The molecule has 0 fully saturated rings. The highest BCUT2D eigenvalue weighted by Gasteiger charge is 2.01. The number of amides is 1. The van der Waals surface area contributed by atoms with Crippen molar-refractivity contribution in [2.45, 2.75) is 6.92 Å². The zero-order valence-corrected chi connectivity index (χ0v) is 7.76. The van der Waals surface area contributed by atoms with Crippen molar-refractivity contribution in [3.63, 3.8) is 0 Å². The van der Waals surface area contributed by atoms with Crippen molar-refractivity contribution >= 4 is 29.5 Å². The van der Waals surface area contributed by atoms with Crippen molar-refractivity contribution in [1.29, 1.82) is 0 Å².